The third-order valence-corrected chi connectivity index (χ3v) is 3.36. The Kier molecular flexibility index (Phi) is 3.32. The maximum Gasteiger partial charge on any atom is 0.405 e. The molecular formula is C9H9F3IN3O. The maximum absolute atomic E-state index is 12.5. The zero-order valence-electron chi connectivity index (χ0n) is 8.59. The van der Waals surface area contributed by atoms with Crippen LogP contribution >= 0.6 is 22.6 Å². The zero-order valence-corrected chi connectivity index (χ0v) is 10.7. The Morgan fingerprint density at radius 2 is 2.18 bits per heavy atom. The van der Waals surface area contributed by atoms with E-state index in [1.807, 2.05) is 0 Å². The predicted octanol–water partition coefficient (Wildman–Crippen LogP) is 1.91. The first-order valence-electron chi connectivity index (χ1n) is 4.95. The van der Waals surface area contributed by atoms with Gasteiger partial charge in [0.15, 0.2) is 0 Å². The third kappa shape index (κ3) is 3.11. The van der Waals surface area contributed by atoms with E-state index in [4.69, 9.17) is 0 Å². The van der Waals surface area contributed by atoms with Crippen molar-refractivity contribution in [3.05, 3.63) is 20.3 Å². The van der Waals surface area contributed by atoms with Gasteiger partial charge in [0.25, 0.3) is 5.56 Å². The van der Waals surface area contributed by atoms with Gasteiger partial charge in [0.1, 0.15) is 15.9 Å². The van der Waals surface area contributed by atoms with Crippen LogP contribution in [-0.4, -0.2) is 28.7 Å². The fourth-order valence-electron chi connectivity index (χ4n) is 1.53. The molecule has 1 aromatic rings. The summed E-state index contributed by atoms with van der Waals surface area (Å²) in [5.74, 6) is 0.120. The molecule has 0 amide bonds. The molecule has 8 heteroatoms. The zero-order chi connectivity index (χ0) is 12.6. The molecule has 1 aliphatic rings. The maximum atomic E-state index is 12.5. The molecule has 0 spiro atoms. The SMILES string of the molecule is O=c1[nH]cnc(N(CC(F)(F)F)C2CC2)c1I. The normalized spacial score (nSPS) is 16.0. The van der Waals surface area contributed by atoms with Gasteiger partial charge >= 0.3 is 6.18 Å². The number of alkyl halides is 3. The van der Waals surface area contributed by atoms with Crippen LogP contribution in [0.5, 0.6) is 0 Å². The molecule has 0 aliphatic heterocycles. The molecule has 1 aliphatic carbocycles. The molecule has 0 saturated heterocycles. The molecule has 1 saturated carbocycles. The first-order chi connectivity index (χ1) is 7.88. The van der Waals surface area contributed by atoms with Crippen LogP contribution in [0.15, 0.2) is 11.1 Å². The van der Waals surface area contributed by atoms with Gasteiger partial charge in [-0.05, 0) is 35.4 Å². The van der Waals surface area contributed by atoms with Gasteiger partial charge in [-0.3, -0.25) is 4.79 Å². The van der Waals surface area contributed by atoms with Gasteiger partial charge in [0, 0.05) is 6.04 Å². The van der Waals surface area contributed by atoms with E-state index >= 15 is 0 Å². The second-order valence-corrected chi connectivity index (χ2v) is 4.92. The molecule has 0 atom stereocenters. The summed E-state index contributed by atoms with van der Waals surface area (Å²) in [6, 6.07) is -0.153. The second kappa shape index (κ2) is 4.46. The van der Waals surface area contributed by atoms with Crippen molar-refractivity contribution in [1.82, 2.24) is 9.97 Å². The van der Waals surface area contributed by atoms with Gasteiger partial charge in [-0.25, -0.2) is 4.98 Å². The molecular weight excluding hydrogens is 350 g/mol. The number of aromatic amines is 1. The number of hydrogen-bond donors (Lipinski definition) is 1. The monoisotopic (exact) mass is 359 g/mol. The summed E-state index contributed by atoms with van der Waals surface area (Å²) in [7, 11) is 0. The molecule has 1 heterocycles. The fraction of sp³-hybridized carbons (Fsp3) is 0.556. The van der Waals surface area contributed by atoms with E-state index in [9.17, 15) is 18.0 Å². The molecule has 94 valence electrons. The van der Waals surface area contributed by atoms with Crippen LogP contribution in [0.25, 0.3) is 0 Å². The lowest BCUT2D eigenvalue weighted by Crippen LogP contribution is -2.38. The minimum absolute atomic E-state index is 0.120. The summed E-state index contributed by atoms with van der Waals surface area (Å²) in [6.45, 7) is -1.07. The van der Waals surface area contributed by atoms with Gasteiger partial charge in [0.05, 0.1) is 6.33 Å². The molecule has 0 unspecified atom stereocenters. The minimum Gasteiger partial charge on any atom is -0.343 e. The van der Waals surface area contributed by atoms with Crippen molar-refractivity contribution in [3.63, 3.8) is 0 Å². The van der Waals surface area contributed by atoms with Crippen molar-refractivity contribution in [2.45, 2.75) is 25.1 Å². The third-order valence-electron chi connectivity index (χ3n) is 2.39. The molecule has 2 rings (SSSR count). The molecule has 1 aromatic heterocycles. The van der Waals surface area contributed by atoms with Crippen molar-refractivity contribution in [2.24, 2.45) is 0 Å². The fourth-order valence-corrected chi connectivity index (χ4v) is 2.13. The van der Waals surface area contributed by atoms with Gasteiger partial charge in [-0.15, -0.1) is 0 Å². The molecule has 17 heavy (non-hydrogen) atoms. The summed E-state index contributed by atoms with van der Waals surface area (Å²) in [4.78, 5) is 18.7. The Bertz CT molecular complexity index is 469. The van der Waals surface area contributed by atoms with Crippen LogP contribution in [-0.2, 0) is 0 Å². The highest BCUT2D eigenvalue weighted by molar-refractivity contribution is 14.1. The summed E-state index contributed by atoms with van der Waals surface area (Å²) in [5, 5.41) is 0. The van der Waals surface area contributed by atoms with E-state index in [-0.39, 0.29) is 15.4 Å². The Morgan fingerprint density at radius 1 is 1.53 bits per heavy atom. The average molecular weight is 359 g/mol. The minimum atomic E-state index is -4.30. The van der Waals surface area contributed by atoms with Crippen LogP contribution in [0, 0.1) is 3.57 Å². The van der Waals surface area contributed by atoms with E-state index in [0.717, 1.165) is 11.2 Å². The van der Waals surface area contributed by atoms with Crippen molar-refractivity contribution < 1.29 is 13.2 Å². The van der Waals surface area contributed by atoms with Crippen molar-refractivity contribution >= 4 is 28.4 Å². The van der Waals surface area contributed by atoms with Gasteiger partial charge in [0.2, 0.25) is 0 Å². The molecule has 0 aromatic carbocycles. The summed E-state index contributed by atoms with van der Waals surface area (Å²) < 4.78 is 37.6. The molecule has 0 radical (unpaired) electrons. The number of aromatic nitrogens is 2. The van der Waals surface area contributed by atoms with Crippen LogP contribution < -0.4 is 10.5 Å². The number of H-pyrrole nitrogens is 1. The number of halogens is 4. The van der Waals surface area contributed by atoms with Crippen LogP contribution in [0.2, 0.25) is 0 Å². The first kappa shape index (κ1) is 12.7. The lowest BCUT2D eigenvalue weighted by Gasteiger charge is -2.25. The van der Waals surface area contributed by atoms with Crippen LogP contribution in [0.3, 0.4) is 0 Å². The Labute approximate surface area is 108 Å². The topological polar surface area (TPSA) is 49.0 Å². The van der Waals surface area contributed by atoms with E-state index < -0.39 is 18.3 Å². The molecule has 4 nitrogen and oxygen atoms in total. The van der Waals surface area contributed by atoms with Crippen LogP contribution in [0.4, 0.5) is 19.0 Å². The number of nitrogens with one attached hydrogen (secondary N) is 1. The van der Waals surface area contributed by atoms with Crippen molar-refractivity contribution in [2.75, 3.05) is 11.4 Å². The lowest BCUT2D eigenvalue weighted by molar-refractivity contribution is -0.120. The summed E-state index contributed by atoms with van der Waals surface area (Å²) in [6.07, 6.45) is -1.75. The Morgan fingerprint density at radius 3 is 2.71 bits per heavy atom. The second-order valence-electron chi connectivity index (χ2n) is 3.84. The Hall–Kier alpha value is -0.800. The molecule has 1 fully saturated rings. The predicted molar refractivity (Wildman–Crippen MR) is 64.0 cm³/mol. The molecule has 1 N–H and O–H groups in total. The van der Waals surface area contributed by atoms with E-state index in [1.165, 1.54) is 0 Å². The smallest absolute Gasteiger partial charge is 0.343 e. The summed E-state index contributed by atoms with van der Waals surface area (Å²) >= 11 is 1.72. The summed E-state index contributed by atoms with van der Waals surface area (Å²) in [5.41, 5.74) is -0.413. The highest BCUT2D eigenvalue weighted by Gasteiger charge is 2.39. The standard InChI is InChI=1S/C9H9F3IN3O/c10-9(11,12)3-16(5-1-2-5)7-6(13)8(17)15-4-14-7/h4-5H,1-3H2,(H,14,15,17). The van der Waals surface area contributed by atoms with Crippen molar-refractivity contribution in [3.8, 4) is 0 Å². The quantitative estimate of drug-likeness (QED) is 0.839. The lowest BCUT2D eigenvalue weighted by atomic mass is 10.4. The van der Waals surface area contributed by atoms with Crippen LogP contribution in [0.1, 0.15) is 12.8 Å². The van der Waals surface area contributed by atoms with Gasteiger partial charge in [-0.2, -0.15) is 13.2 Å². The number of anilines is 1. The van der Waals surface area contributed by atoms with Gasteiger partial charge in [-0.1, -0.05) is 0 Å². The number of hydrogen-bond acceptors (Lipinski definition) is 3. The van der Waals surface area contributed by atoms with Gasteiger partial charge < -0.3 is 9.88 Å². The van der Waals surface area contributed by atoms with E-state index in [2.05, 4.69) is 9.97 Å². The largest absolute Gasteiger partial charge is 0.405 e. The first-order valence-corrected chi connectivity index (χ1v) is 6.03. The average Bonchev–Trinajstić information content (AvgIpc) is 3.01. The van der Waals surface area contributed by atoms with Crippen molar-refractivity contribution in [1.29, 1.82) is 0 Å². The highest BCUT2D eigenvalue weighted by Crippen LogP contribution is 2.34. The Balaban J connectivity index is 2.33. The number of rotatable bonds is 3. The number of nitrogens with zero attached hydrogens (tertiary/aromatic N) is 2. The highest BCUT2D eigenvalue weighted by atomic mass is 127. The molecule has 0 bridgehead atoms. The van der Waals surface area contributed by atoms with E-state index in [0.29, 0.717) is 12.8 Å². The van der Waals surface area contributed by atoms with E-state index in [1.54, 1.807) is 22.6 Å².